The van der Waals surface area contributed by atoms with E-state index in [0.717, 1.165) is 18.8 Å². The molecule has 0 bridgehead atoms. The molecule has 3 heteroatoms. The second-order valence-corrected chi connectivity index (χ2v) is 4.97. The summed E-state index contributed by atoms with van der Waals surface area (Å²) in [5, 5.41) is 3.19. The van der Waals surface area contributed by atoms with Crippen molar-refractivity contribution in [1.82, 2.24) is 5.32 Å². The van der Waals surface area contributed by atoms with E-state index >= 15 is 0 Å². The molecule has 17 heavy (non-hydrogen) atoms. The predicted octanol–water partition coefficient (Wildman–Crippen LogP) is 1.50. The number of nitrogens with zero attached hydrogens (tertiary/aromatic N) is 1. The molecule has 1 heterocycles. The first-order valence-corrected chi connectivity index (χ1v) is 6.42. The average Bonchev–Trinajstić information content (AvgIpc) is 2.79. The molecule has 1 aliphatic heterocycles. The molecule has 1 aromatic rings. The first-order valence-electron chi connectivity index (χ1n) is 6.42. The Morgan fingerprint density at radius 3 is 3.00 bits per heavy atom. The number of carbonyl (C=O) groups is 1. The molecule has 3 rings (SSSR count). The molecule has 1 fully saturated rings. The van der Waals surface area contributed by atoms with Gasteiger partial charge in [-0.05, 0) is 49.4 Å². The number of carbonyl (C=O) groups excluding carboxylic acids is 1. The summed E-state index contributed by atoms with van der Waals surface area (Å²) >= 11 is 0. The van der Waals surface area contributed by atoms with E-state index in [2.05, 4.69) is 23.5 Å². The minimum atomic E-state index is -0.0583. The van der Waals surface area contributed by atoms with E-state index in [1.807, 2.05) is 11.8 Å². The highest BCUT2D eigenvalue weighted by Crippen LogP contribution is 2.27. The van der Waals surface area contributed by atoms with Gasteiger partial charge in [-0.25, -0.2) is 0 Å². The Morgan fingerprint density at radius 1 is 1.29 bits per heavy atom. The van der Waals surface area contributed by atoms with E-state index < -0.39 is 0 Å². The van der Waals surface area contributed by atoms with Gasteiger partial charge in [0, 0.05) is 18.8 Å². The van der Waals surface area contributed by atoms with Gasteiger partial charge in [0.25, 0.3) is 0 Å². The Morgan fingerprint density at radius 2 is 2.12 bits per heavy atom. The number of hydrogen-bond acceptors (Lipinski definition) is 2. The molecule has 1 atom stereocenters. The van der Waals surface area contributed by atoms with E-state index in [1.54, 1.807) is 0 Å². The molecular weight excluding hydrogens is 212 g/mol. The van der Waals surface area contributed by atoms with Crippen molar-refractivity contribution in [3.8, 4) is 0 Å². The van der Waals surface area contributed by atoms with Crippen molar-refractivity contribution < 1.29 is 4.79 Å². The van der Waals surface area contributed by atoms with Crippen LogP contribution in [0.2, 0.25) is 0 Å². The quantitative estimate of drug-likeness (QED) is 0.793. The third kappa shape index (κ3) is 1.84. The van der Waals surface area contributed by atoms with Gasteiger partial charge >= 0.3 is 0 Å². The first kappa shape index (κ1) is 10.8. The third-order valence-corrected chi connectivity index (χ3v) is 3.82. The molecule has 0 saturated carbocycles. The Balaban J connectivity index is 1.91. The number of rotatable bonds is 1. The van der Waals surface area contributed by atoms with Crippen molar-refractivity contribution in [2.45, 2.75) is 32.2 Å². The minimum absolute atomic E-state index is 0.0583. The van der Waals surface area contributed by atoms with Crippen LogP contribution in [0.25, 0.3) is 0 Å². The van der Waals surface area contributed by atoms with E-state index in [4.69, 9.17) is 0 Å². The SMILES string of the molecule is CC1NCCN(c2ccc3c(c2)CCC3)C1=O. The van der Waals surface area contributed by atoms with Gasteiger partial charge in [0.2, 0.25) is 5.91 Å². The van der Waals surface area contributed by atoms with Crippen LogP contribution in [0.4, 0.5) is 5.69 Å². The fourth-order valence-electron chi connectivity index (χ4n) is 2.81. The predicted molar refractivity (Wildman–Crippen MR) is 68.3 cm³/mol. The van der Waals surface area contributed by atoms with Gasteiger partial charge in [0.1, 0.15) is 0 Å². The van der Waals surface area contributed by atoms with Crippen LogP contribution in [-0.2, 0) is 17.6 Å². The van der Waals surface area contributed by atoms with Crippen LogP contribution in [0.5, 0.6) is 0 Å². The molecular formula is C14H18N2O. The molecule has 1 N–H and O–H groups in total. The number of piperazine rings is 1. The summed E-state index contributed by atoms with van der Waals surface area (Å²) in [6.07, 6.45) is 3.62. The minimum Gasteiger partial charge on any atom is -0.310 e. The second kappa shape index (κ2) is 4.15. The summed E-state index contributed by atoms with van der Waals surface area (Å²) in [7, 11) is 0. The number of anilines is 1. The summed E-state index contributed by atoms with van der Waals surface area (Å²) in [6, 6.07) is 6.44. The normalized spacial score (nSPS) is 23.9. The molecule has 1 aromatic carbocycles. The smallest absolute Gasteiger partial charge is 0.243 e. The Hall–Kier alpha value is -1.35. The average molecular weight is 230 g/mol. The molecule has 0 radical (unpaired) electrons. The maximum absolute atomic E-state index is 12.1. The summed E-state index contributed by atoms with van der Waals surface area (Å²) in [5.41, 5.74) is 3.97. The van der Waals surface area contributed by atoms with Gasteiger partial charge < -0.3 is 10.2 Å². The Bertz CT molecular complexity index is 456. The molecule has 1 unspecified atom stereocenters. The number of benzene rings is 1. The number of fused-ring (bicyclic) bond motifs is 1. The lowest BCUT2D eigenvalue weighted by molar-refractivity contribution is -0.121. The summed E-state index contributed by atoms with van der Waals surface area (Å²) in [4.78, 5) is 14.0. The first-order chi connectivity index (χ1) is 8.25. The van der Waals surface area contributed by atoms with Crippen LogP contribution >= 0.6 is 0 Å². The van der Waals surface area contributed by atoms with E-state index in [0.29, 0.717) is 0 Å². The lowest BCUT2D eigenvalue weighted by Crippen LogP contribution is -2.53. The van der Waals surface area contributed by atoms with Crippen molar-refractivity contribution in [1.29, 1.82) is 0 Å². The van der Waals surface area contributed by atoms with Crippen LogP contribution in [0.3, 0.4) is 0 Å². The van der Waals surface area contributed by atoms with Crippen LogP contribution in [0, 0.1) is 0 Å². The number of amides is 1. The highest BCUT2D eigenvalue weighted by molar-refractivity contribution is 5.97. The molecule has 1 saturated heterocycles. The highest BCUT2D eigenvalue weighted by atomic mass is 16.2. The van der Waals surface area contributed by atoms with Crippen molar-refractivity contribution in [3.05, 3.63) is 29.3 Å². The van der Waals surface area contributed by atoms with Gasteiger partial charge in [-0.3, -0.25) is 4.79 Å². The van der Waals surface area contributed by atoms with Gasteiger partial charge in [0.05, 0.1) is 6.04 Å². The maximum Gasteiger partial charge on any atom is 0.243 e. The number of hydrogen-bond donors (Lipinski definition) is 1. The fraction of sp³-hybridized carbons (Fsp3) is 0.500. The Kier molecular flexibility index (Phi) is 2.63. The lowest BCUT2D eigenvalue weighted by atomic mass is 10.1. The lowest BCUT2D eigenvalue weighted by Gasteiger charge is -2.31. The zero-order chi connectivity index (χ0) is 11.8. The van der Waals surface area contributed by atoms with Crippen LogP contribution < -0.4 is 10.2 Å². The third-order valence-electron chi connectivity index (χ3n) is 3.82. The van der Waals surface area contributed by atoms with Gasteiger partial charge in [-0.2, -0.15) is 0 Å². The second-order valence-electron chi connectivity index (χ2n) is 4.97. The van der Waals surface area contributed by atoms with Gasteiger partial charge in [0.15, 0.2) is 0 Å². The van der Waals surface area contributed by atoms with E-state index in [1.165, 1.54) is 30.4 Å². The van der Waals surface area contributed by atoms with Crippen molar-refractivity contribution in [2.75, 3.05) is 18.0 Å². The number of nitrogens with one attached hydrogen (secondary N) is 1. The van der Waals surface area contributed by atoms with Crippen LogP contribution in [0.1, 0.15) is 24.5 Å². The topological polar surface area (TPSA) is 32.3 Å². The van der Waals surface area contributed by atoms with E-state index in [-0.39, 0.29) is 11.9 Å². The summed E-state index contributed by atoms with van der Waals surface area (Å²) in [5.74, 6) is 0.189. The van der Waals surface area contributed by atoms with Crippen molar-refractivity contribution in [2.24, 2.45) is 0 Å². The van der Waals surface area contributed by atoms with Crippen molar-refractivity contribution >= 4 is 11.6 Å². The van der Waals surface area contributed by atoms with Gasteiger partial charge in [-0.15, -0.1) is 0 Å². The maximum atomic E-state index is 12.1. The largest absolute Gasteiger partial charge is 0.310 e. The monoisotopic (exact) mass is 230 g/mol. The molecule has 0 aromatic heterocycles. The molecule has 1 amide bonds. The highest BCUT2D eigenvalue weighted by Gasteiger charge is 2.26. The summed E-state index contributed by atoms with van der Waals surface area (Å²) < 4.78 is 0. The molecule has 1 aliphatic carbocycles. The van der Waals surface area contributed by atoms with Crippen molar-refractivity contribution in [3.63, 3.8) is 0 Å². The number of aryl methyl sites for hydroxylation is 2. The van der Waals surface area contributed by atoms with Gasteiger partial charge in [-0.1, -0.05) is 6.07 Å². The molecule has 2 aliphatic rings. The zero-order valence-corrected chi connectivity index (χ0v) is 10.2. The summed E-state index contributed by atoms with van der Waals surface area (Å²) in [6.45, 7) is 3.59. The van der Waals surface area contributed by atoms with Crippen LogP contribution in [-0.4, -0.2) is 25.0 Å². The molecule has 3 nitrogen and oxygen atoms in total. The Labute approximate surface area is 102 Å². The van der Waals surface area contributed by atoms with E-state index in [9.17, 15) is 4.79 Å². The zero-order valence-electron chi connectivity index (χ0n) is 10.2. The fourth-order valence-corrected chi connectivity index (χ4v) is 2.81. The standard InChI is InChI=1S/C14H18N2O/c1-10-14(17)16(8-7-15-10)13-6-5-11-3-2-4-12(11)9-13/h5-6,9-10,15H,2-4,7-8H2,1H3. The molecule has 90 valence electrons. The van der Waals surface area contributed by atoms with Crippen LogP contribution in [0.15, 0.2) is 18.2 Å². The molecule has 0 spiro atoms.